The predicted octanol–water partition coefficient (Wildman–Crippen LogP) is 1.76. The van der Waals surface area contributed by atoms with Gasteiger partial charge in [0.25, 0.3) is 0 Å². The largest absolute Gasteiger partial charge is 0.385 e. The van der Waals surface area contributed by atoms with E-state index < -0.39 is 6.10 Å². The molecule has 0 radical (unpaired) electrons. The summed E-state index contributed by atoms with van der Waals surface area (Å²) in [5, 5.41) is 14.2. The Hall–Kier alpha value is -3.11. The first-order valence-electron chi connectivity index (χ1n) is 10.9. The van der Waals surface area contributed by atoms with Crippen molar-refractivity contribution < 1.29 is 14.4 Å². The lowest BCUT2D eigenvalue weighted by Gasteiger charge is -2.23. The summed E-state index contributed by atoms with van der Waals surface area (Å²) in [6.45, 7) is 4.06. The van der Waals surface area contributed by atoms with Crippen LogP contribution in [0.5, 0.6) is 0 Å². The van der Waals surface area contributed by atoms with Gasteiger partial charge in [0.15, 0.2) is 5.76 Å². The minimum Gasteiger partial charge on any atom is -0.385 e. The Labute approximate surface area is 180 Å². The van der Waals surface area contributed by atoms with Crippen molar-refractivity contribution in [2.75, 3.05) is 13.1 Å². The molecule has 1 aromatic carbocycles. The number of aliphatic imine (C=N–C) groups is 1. The molecular formula is C24H24N4O3. The Balaban J connectivity index is 1.10. The van der Waals surface area contributed by atoms with Crippen LogP contribution >= 0.6 is 0 Å². The van der Waals surface area contributed by atoms with Gasteiger partial charge in [0.2, 0.25) is 6.41 Å². The average Bonchev–Trinajstić information content (AvgIpc) is 3.44. The fourth-order valence-electron chi connectivity index (χ4n) is 5.04. The molecule has 7 heteroatoms. The second-order valence-corrected chi connectivity index (χ2v) is 9.10. The number of hydrogen-bond donors (Lipinski definition) is 1. The van der Waals surface area contributed by atoms with Crippen LogP contribution in [0.15, 0.2) is 39.8 Å². The highest BCUT2D eigenvalue weighted by Crippen LogP contribution is 2.50. The van der Waals surface area contributed by atoms with Gasteiger partial charge in [0, 0.05) is 36.2 Å². The molecule has 1 aromatic heterocycles. The Bertz CT molecular complexity index is 1100. The highest BCUT2D eigenvalue weighted by atomic mass is 16.5. The van der Waals surface area contributed by atoms with Crippen molar-refractivity contribution in [2.24, 2.45) is 22.7 Å². The zero-order chi connectivity index (χ0) is 21.1. The van der Waals surface area contributed by atoms with Crippen LogP contribution in [0.3, 0.4) is 0 Å². The summed E-state index contributed by atoms with van der Waals surface area (Å²) in [4.78, 5) is 19.4. The molecule has 4 unspecified atom stereocenters. The number of amides is 1. The van der Waals surface area contributed by atoms with Crippen molar-refractivity contribution in [1.82, 2.24) is 15.0 Å². The van der Waals surface area contributed by atoms with Gasteiger partial charge in [-0.2, -0.15) is 0 Å². The number of hydrogen-bond acceptors (Lipinski definition) is 6. The molecule has 0 bridgehead atoms. The zero-order valence-corrected chi connectivity index (χ0v) is 17.3. The quantitative estimate of drug-likeness (QED) is 0.593. The summed E-state index contributed by atoms with van der Waals surface area (Å²) >= 11 is 0. The van der Waals surface area contributed by atoms with E-state index in [0.717, 1.165) is 54.3 Å². The smallest absolute Gasteiger partial charge is 0.209 e. The van der Waals surface area contributed by atoms with Gasteiger partial charge in [0.1, 0.15) is 17.6 Å². The Morgan fingerprint density at radius 2 is 2.06 bits per heavy atom. The maximum Gasteiger partial charge on any atom is 0.209 e. The molecule has 3 fully saturated rings. The highest BCUT2D eigenvalue weighted by Gasteiger charge is 2.54. The Morgan fingerprint density at radius 1 is 1.29 bits per heavy atom. The number of aliphatic hydroxyl groups is 1. The van der Waals surface area contributed by atoms with E-state index in [2.05, 4.69) is 26.9 Å². The predicted molar refractivity (Wildman–Crippen MR) is 114 cm³/mol. The number of amidine groups is 1. The molecule has 158 valence electrons. The third-order valence-electron chi connectivity index (χ3n) is 6.91. The molecule has 0 spiro atoms. The van der Waals surface area contributed by atoms with E-state index in [-0.39, 0.29) is 0 Å². The molecule has 1 amide bonds. The fraction of sp³-hybridized carbons (Fsp3) is 0.458. The van der Waals surface area contributed by atoms with Crippen LogP contribution in [0.1, 0.15) is 24.6 Å². The molecule has 1 N–H and O–H groups in total. The van der Waals surface area contributed by atoms with E-state index >= 15 is 0 Å². The second kappa shape index (κ2) is 6.96. The first-order chi connectivity index (χ1) is 15.1. The van der Waals surface area contributed by atoms with Gasteiger partial charge in [-0.1, -0.05) is 17.0 Å². The Kier molecular flexibility index (Phi) is 4.19. The maximum absolute atomic E-state index is 10.8. The van der Waals surface area contributed by atoms with Crippen LogP contribution in [-0.4, -0.2) is 63.6 Å². The molecule has 3 heterocycles. The molecule has 2 aromatic rings. The first-order valence-corrected chi connectivity index (χ1v) is 10.9. The standard InChI is InChI=1S/C24H24N4O3/c1-14(30)24-25-21-9-22(21)28(24)10-17-8-23(31-26-17)16-5-2-15(3-6-16)4-7-18-19-11-27(13-29)12-20(18)19/h2-3,5-6,8,13-14,18-22,30H,9-12H2,1H3/t14-,18?,19?,20?,21?,22?/m0/s1. The number of aliphatic hydroxyl groups excluding tert-OH is 1. The molecule has 2 saturated carbocycles. The third kappa shape index (κ3) is 3.31. The van der Waals surface area contributed by atoms with Gasteiger partial charge in [-0.15, -0.1) is 0 Å². The number of benzene rings is 1. The topological polar surface area (TPSA) is 82.2 Å². The van der Waals surface area contributed by atoms with Crippen molar-refractivity contribution in [1.29, 1.82) is 0 Å². The SMILES string of the molecule is C[C@H](O)C1=NC2CC2N1Cc1cc(-c2ccc(C#CC3C4CN(C=O)CC34)cc2)on1. The number of rotatable bonds is 5. The number of fused-ring (bicyclic) bond motifs is 2. The van der Waals surface area contributed by atoms with E-state index in [1.165, 1.54) is 0 Å². The summed E-state index contributed by atoms with van der Waals surface area (Å²) in [5.74, 6) is 9.69. The second-order valence-electron chi connectivity index (χ2n) is 9.10. The van der Waals surface area contributed by atoms with Crippen molar-refractivity contribution in [2.45, 2.75) is 38.1 Å². The van der Waals surface area contributed by atoms with Gasteiger partial charge in [-0.05, 0) is 49.4 Å². The van der Waals surface area contributed by atoms with Crippen LogP contribution in [0, 0.1) is 29.6 Å². The molecule has 5 atom stereocenters. The average molecular weight is 416 g/mol. The van der Waals surface area contributed by atoms with Crippen molar-refractivity contribution in [3.8, 4) is 23.2 Å². The third-order valence-corrected chi connectivity index (χ3v) is 6.91. The van der Waals surface area contributed by atoms with Crippen molar-refractivity contribution >= 4 is 12.2 Å². The lowest BCUT2D eigenvalue weighted by molar-refractivity contribution is -0.117. The van der Waals surface area contributed by atoms with Crippen LogP contribution in [0.2, 0.25) is 0 Å². The molecule has 4 aliphatic rings. The summed E-state index contributed by atoms with van der Waals surface area (Å²) in [5.41, 5.74) is 2.78. The van der Waals surface area contributed by atoms with Gasteiger partial charge >= 0.3 is 0 Å². The zero-order valence-electron chi connectivity index (χ0n) is 17.3. The van der Waals surface area contributed by atoms with Crippen LogP contribution in [-0.2, 0) is 11.3 Å². The molecule has 7 nitrogen and oxygen atoms in total. The number of carbonyl (C=O) groups excluding carboxylic acids is 1. The monoisotopic (exact) mass is 416 g/mol. The normalized spacial score (nSPS) is 30.8. The molecule has 1 saturated heterocycles. The summed E-state index contributed by atoms with van der Waals surface area (Å²) in [6, 6.07) is 10.7. The van der Waals surface area contributed by atoms with Crippen LogP contribution < -0.4 is 0 Å². The molecule has 2 aliphatic heterocycles. The van der Waals surface area contributed by atoms with E-state index in [0.29, 0.717) is 36.4 Å². The maximum atomic E-state index is 10.8. The van der Waals surface area contributed by atoms with E-state index in [4.69, 9.17) is 4.52 Å². The summed E-state index contributed by atoms with van der Waals surface area (Å²) in [7, 11) is 0. The van der Waals surface area contributed by atoms with Gasteiger partial charge in [-0.3, -0.25) is 9.79 Å². The number of carbonyl (C=O) groups is 1. The lowest BCUT2D eigenvalue weighted by Crippen LogP contribution is -2.36. The van der Waals surface area contributed by atoms with Crippen LogP contribution in [0.25, 0.3) is 11.3 Å². The van der Waals surface area contributed by atoms with Gasteiger partial charge < -0.3 is 19.4 Å². The minimum absolute atomic E-state index is 0.337. The molecule has 31 heavy (non-hydrogen) atoms. The number of piperidine rings is 1. The first kappa shape index (κ1) is 18.6. The number of aromatic nitrogens is 1. The van der Waals surface area contributed by atoms with E-state index in [9.17, 15) is 9.90 Å². The summed E-state index contributed by atoms with van der Waals surface area (Å²) < 4.78 is 5.58. The minimum atomic E-state index is -0.563. The lowest BCUT2D eigenvalue weighted by atomic mass is 10.1. The number of likely N-dealkylation sites (tertiary alicyclic amines) is 1. The highest BCUT2D eigenvalue weighted by molar-refractivity contribution is 5.89. The Morgan fingerprint density at radius 3 is 2.77 bits per heavy atom. The van der Waals surface area contributed by atoms with Crippen LogP contribution in [0.4, 0.5) is 0 Å². The van der Waals surface area contributed by atoms with Crippen molar-refractivity contribution in [3.63, 3.8) is 0 Å². The van der Waals surface area contributed by atoms with E-state index in [1.54, 1.807) is 6.92 Å². The molecule has 6 rings (SSSR count). The number of nitrogens with zero attached hydrogens (tertiary/aromatic N) is 4. The molecular weight excluding hydrogens is 392 g/mol. The fourth-order valence-corrected chi connectivity index (χ4v) is 5.04. The summed E-state index contributed by atoms with van der Waals surface area (Å²) in [6.07, 6.45) is 1.44. The van der Waals surface area contributed by atoms with Gasteiger partial charge in [0.05, 0.1) is 18.6 Å². The van der Waals surface area contributed by atoms with E-state index in [1.807, 2.05) is 35.2 Å². The van der Waals surface area contributed by atoms with Gasteiger partial charge in [-0.25, -0.2) is 0 Å². The molecule has 2 aliphatic carbocycles. The van der Waals surface area contributed by atoms with Crippen molar-refractivity contribution in [3.05, 3.63) is 41.6 Å².